The second-order valence-corrected chi connectivity index (χ2v) is 9.30. The summed E-state index contributed by atoms with van der Waals surface area (Å²) in [5, 5.41) is 5.34. The molecule has 198 valence electrons. The number of carbonyl (C=O) groups excluding carboxylic acids is 2. The van der Waals surface area contributed by atoms with E-state index < -0.39 is 12.0 Å². The van der Waals surface area contributed by atoms with E-state index in [0.29, 0.717) is 39.2 Å². The van der Waals surface area contributed by atoms with Crippen molar-refractivity contribution in [2.45, 2.75) is 25.9 Å². The average molecular weight is 538 g/mol. The fraction of sp³-hybridized carbons (Fsp3) is 0.250. The molecule has 0 bridgehead atoms. The topological polar surface area (TPSA) is 89.5 Å². The number of carbonyl (C=O) groups is 2. The minimum Gasteiger partial charge on any atom is -0.497 e. The number of hydrogen-bond acceptors (Lipinski definition) is 8. The van der Waals surface area contributed by atoms with Crippen LogP contribution < -0.4 is 14.8 Å². The van der Waals surface area contributed by atoms with Crippen LogP contribution in [-0.2, 0) is 20.9 Å². The van der Waals surface area contributed by atoms with Gasteiger partial charge in [0.15, 0.2) is 5.17 Å². The predicted molar refractivity (Wildman–Crippen MR) is 144 cm³/mol. The van der Waals surface area contributed by atoms with Crippen molar-refractivity contribution >= 4 is 28.8 Å². The summed E-state index contributed by atoms with van der Waals surface area (Å²) in [5.74, 6) is -0.000499. The van der Waals surface area contributed by atoms with E-state index in [2.05, 4.69) is 16.9 Å². The molecule has 0 radical (unpaired) electrons. The van der Waals surface area contributed by atoms with Crippen molar-refractivity contribution < 1.29 is 28.2 Å². The van der Waals surface area contributed by atoms with Gasteiger partial charge in [0.2, 0.25) is 5.91 Å². The standard InChI is InChI=1S/C28H28FN3O5S/c1-5-12-37-27(34)25-17(2)31-28-32(26(25)22-14-21(35-3)10-11-23(22)36-4)20(16-38-28)13-24(33)30-15-18-6-8-19(29)9-7-18/h5-11,14,16,26H,1,12-13,15H2,2-4H3,(H,30,33). The van der Waals surface area contributed by atoms with Gasteiger partial charge in [-0.3, -0.25) is 4.79 Å². The molecule has 2 heterocycles. The van der Waals surface area contributed by atoms with Gasteiger partial charge in [0.25, 0.3) is 0 Å². The van der Waals surface area contributed by atoms with Gasteiger partial charge in [-0.15, -0.1) is 0 Å². The Morgan fingerprint density at radius 3 is 2.63 bits per heavy atom. The summed E-state index contributed by atoms with van der Waals surface area (Å²) < 4.78 is 29.8. The van der Waals surface area contributed by atoms with Gasteiger partial charge in [-0.1, -0.05) is 36.5 Å². The number of amidine groups is 1. The van der Waals surface area contributed by atoms with Crippen LogP contribution in [0.15, 0.2) is 82.5 Å². The summed E-state index contributed by atoms with van der Waals surface area (Å²) in [5.41, 5.74) is 2.91. The average Bonchev–Trinajstić information content (AvgIpc) is 3.31. The lowest BCUT2D eigenvalue weighted by Crippen LogP contribution is -2.38. The number of benzene rings is 2. The molecule has 1 amide bonds. The van der Waals surface area contributed by atoms with Gasteiger partial charge < -0.3 is 24.4 Å². The highest BCUT2D eigenvalue weighted by Gasteiger charge is 2.42. The Kier molecular flexibility index (Phi) is 8.52. The molecule has 2 aromatic carbocycles. The lowest BCUT2D eigenvalue weighted by atomic mass is 9.92. The fourth-order valence-corrected chi connectivity index (χ4v) is 5.18. The van der Waals surface area contributed by atoms with Crippen LogP contribution in [0.2, 0.25) is 0 Å². The zero-order valence-electron chi connectivity index (χ0n) is 21.3. The van der Waals surface area contributed by atoms with E-state index in [9.17, 15) is 14.0 Å². The van der Waals surface area contributed by atoms with Gasteiger partial charge in [0, 0.05) is 17.8 Å². The third-order valence-corrected chi connectivity index (χ3v) is 6.92. The summed E-state index contributed by atoms with van der Waals surface area (Å²) in [6.07, 6.45) is 1.53. The first-order chi connectivity index (χ1) is 18.4. The third kappa shape index (κ3) is 5.75. The van der Waals surface area contributed by atoms with E-state index in [1.54, 1.807) is 51.5 Å². The molecule has 2 aliphatic rings. The number of rotatable bonds is 10. The highest BCUT2D eigenvalue weighted by Crippen LogP contribution is 2.47. The molecule has 2 aromatic rings. The molecular weight excluding hydrogens is 509 g/mol. The number of ether oxygens (including phenoxy) is 3. The lowest BCUT2D eigenvalue weighted by molar-refractivity contribution is -0.138. The summed E-state index contributed by atoms with van der Waals surface area (Å²) in [4.78, 5) is 32.7. The van der Waals surface area contributed by atoms with Gasteiger partial charge in [-0.25, -0.2) is 14.2 Å². The van der Waals surface area contributed by atoms with Crippen LogP contribution >= 0.6 is 11.8 Å². The number of amides is 1. The molecule has 38 heavy (non-hydrogen) atoms. The first-order valence-corrected chi connectivity index (χ1v) is 12.7. The van der Waals surface area contributed by atoms with Crippen molar-refractivity contribution in [3.05, 3.63) is 94.4 Å². The fourth-order valence-electron chi connectivity index (χ4n) is 4.22. The molecule has 1 unspecified atom stereocenters. The van der Waals surface area contributed by atoms with Crippen LogP contribution in [0.25, 0.3) is 0 Å². The molecule has 2 aliphatic heterocycles. The maximum Gasteiger partial charge on any atom is 0.338 e. The van der Waals surface area contributed by atoms with Crippen LogP contribution in [0.4, 0.5) is 4.39 Å². The van der Waals surface area contributed by atoms with Crippen molar-refractivity contribution in [2.24, 2.45) is 4.99 Å². The first kappa shape index (κ1) is 27.0. The maximum absolute atomic E-state index is 13.3. The molecule has 0 aliphatic carbocycles. The van der Waals surface area contributed by atoms with E-state index >= 15 is 0 Å². The molecule has 0 saturated carbocycles. The van der Waals surface area contributed by atoms with E-state index in [0.717, 1.165) is 5.56 Å². The lowest BCUT2D eigenvalue weighted by Gasteiger charge is -2.36. The number of halogens is 1. The summed E-state index contributed by atoms with van der Waals surface area (Å²) in [6, 6.07) is 10.6. The zero-order valence-corrected chi connectivity index (χ0v) is 22.1. The van der Waals surface area contributed by atoms with Crippen LogP contribution in [0.3, 0.4) is 0 Å². The first-order valence-electron chi connectivity index (χ1n) is 11.8. The molecule has 1 N–H and O–H groups in total. The summed E-state index contributed by atoms with van der Waals surface area (Å²) in [6.45, 7) is 5.67. The van der Waals surface area contributed by atoms with Crippen LogP contribution in [0.1, 0.15) is 30.5 Å². The van der Waals surface area contributed by atoms with Crippen molar-refractivity contribution in [1.29, 1.82) is 0 Å². The number of nitrogens with zero attached hydrogens (tertiary/aromatic N) is 2. The van der Waals surface area contributed by atoms with Crippen LogP contribution in [-0.4, -0.2) is 42.8 Å². The largest absolute Gasteiger partial charge is 0.497 e. The Morgan fingerprint density at radius 1 is 1.18 bits per heavy atom. The Hall–Kier alpha value is -4.05. The van der Waals surface area contributed by atoms with Gasteiger partial charge in [-0.2, -0.15) is 0 Å². The number of fused-ring (bicyclic) bond motifs is 1. The number of methoxy groups -OCH3 is 2. The van der Waals surface area contributed by atoms with Gasteiger partial charge in [-0.05, 0) is 48.2 Å². The zero-order chi connectivity index (χ0) is 27.2. The normalized spacial score (nSPS) is 16.3. The van der Waals surface area contributed by atoms with Crippen molar-refractivity contribution in [3.63, 3.8) is 0 Å². The number of esters is 1. The second-order valence-electron chi connectivity index (χ2n) is 8.47. The number of nitrogens with one attached hydrogen (secondary N) is 1. The second kappa shape index (κ2) is 12.0. The highest BCUT2D eigenvalue weighted by atomic mass is 32.2. The van der Waals surface area contributed by atoms with Crippen molar-refractivity contribution in [2.75, 3.05) is 20.8 Å². The summed E-state index contributed by atoms with van der Waals surface area (Å²) >= 11 is 1.37. The van der Waals surface area contributed by atoms with Crippen molar-refractivity contribution in [1.82, 2.24) is 10.2 Å². The van der Waals surface area contributed by atoms with E-state index in [1.807, 2.05) is 10.3 Å². The quantitative estimate of drug-likeness (QED) is 0.342. The van der Waals surface area contributed by atoms with Crippen LogP contribution in [0.5, 0.6) is 11.5 Å². The Morgan fingerprint density at radius 2 is 1.95 bits per heavy atom. The summed E-state index contributed by atoms with van der Waals surface area (Å²) in [7, 11) is 3.11. The molecule has 0 aromatic heterocycles. The monoisotopic (exact) mass is 537 g/mol. The Balaban J connectivity index is 1.67. The van der Waals surface area contributed by atoms with Crippen LogP contribution in [0, 0.1) is 5.82 Å². The Bertz CT molecular complexity index is 1340. The SMILES string of the molecule is C=CCOC(=O)C1=C(C)N=C2SC=C(CC(=O)NCc3ccc(F)cc3)N2C1c1cc(OC)ccc1OC. The number of allylic oxidation sites excluding steroid dienone is 1. The molecule has 0 saturated heterocycles. The molecule has 0 spiro atoms. The Labute approximate surface area is 224 Å². The molecule has 1 atom stereocenters. The molecule has 0 fully saturated rings. The van der Waals surface area contributed by atoms with Gasteiger partial charge in [0.1, 0.15) is 23.9 Å². The maximum atomic E-state index is 13.3. The third-order valence-electron chi connectivity index (χ3n) is 6.03. The number of hydrogen-bond donors (Lipinski definition) is 1. The molecule has 10 heteroatoms. The van der Waals surface area contributed by atoms with Gasteiger partial charge >= 0.3 is 5.97 Å². The smallest absolute Gasteiger partial charge is 0.338 e. The number of thioether (sulfide) groups is 1. The minimum atomic E-state index is -0.684. The van der Waals surface area contributed by atoms with E-state index in [-0.39, 0.29) is 31.3 Å². The van der Waals surface area contributed by atoms with E-state index in [4.69, 9.17) is 14.2 Å². The highest BCUT2D eigenvalue weighted by molar-refractivity contribution is 8.16. The number of aliphatic imine (C=N–C) groups is 1. The predicted octanol–water partition coefficient (Wildman–Crippen LogP) is 4.85. The van der Waals surface area contributed by atoms with Gasteiger partial charge in [0.05, 0.1) is 38.0 Å². The molecule has 4 rings (SSSR count). The minimum absolute atomic E-state index is 0.0318. The van der Waals surface area contributed by atoms with Crippen molar-refractivity contribution in [3.8, 4) is 11.5 Å². The molecular formula is C28H28FN3O5S. The van der Waals surface area contributed by atoms with E-state index in [1.165, 1.54) is 30.0 Å². The molecule has 8 nitrogen and oxygen atoms in total.